The molecule has 2 aromatic carbocycles. The maximum absolute atomic E-state index is 11.6. The number of hydrogen-bond donors (Lipinski definition) is 2. The molecule has 3 rings (SSSR count). The van der Waals surface area contributed by atoms with Gasteiger partial charge in [0.1, 0.15) is 0 Å². The molecule has 0 aliphatic carbocycles. The standard InChI is InChI=1S/C18H17BrN4O2/c1-2-10-20-18(24)21-15-8-6-12(7-9-15)16-22-17(25-23-16)13-4-3-5-14(19)11-13/h3-9,11H,2,10H2,1H3,(H2,20,21,24). The number of urea groups is 1. The lowest BCUT2D eigenvalue weighted by Gasteiger charge is -2.06. The topological polar surface area (TPSA) is 80.0 Å². The third-order valence-corrected chi connectivity index (χ3v) is 3.93. The van der Waals surface area contributed by atoms with Crippen LogP contribution >= 0.6 is 15.9 Å². The predicted octanol–water partition coefficient (Wildman–Crippen LogP) is 4.70. The Bertz CT molecular complexity index is 862. The Kier molecular flexibility index (Phi) is 5.45. The molecule has 0 bridgehead atoms. The molecule has 1 aromatic heterocycles. The fourth-order valence-corrected chi connectivity index (χ4v) is 2.60. The number of aromatic nitrogens is 2. The molecule has 0 saturated heterocycles. The SMILES string of the molecule is CCCNC(=O)Nc1ccc(-c2noc(-c3cccc(Br)c3)n2)cc1. The summed E-state index contributed by atoms with van der Waals surface area (Å²) in [5.74, 6) is 0.953. The largest absolute Gasteiger partial charge is 0.338 e. The molecule has 25 heavy (non-hydrogen) atoms. The van der Waals surface area contributed by atoms with Crippen molar-refractivity contribution in [2.75, 3.05) is 11.9 Å². The zero-order valence-corrected chi connectivity index (χ0v) is 15.2. The lowest BCUT2D eigenvalue weighted by Crippen LogP contribution is -2.29. The smallest absolute Gasteiger partial charge is 0.319 e. The molecule has 128 valence electrons. The predicted molar refractivity (Wildman–Crippen MR) is 100 cm³/mol. The van der Waals surface area contributed by atoms with E-state index in [4.69, 9.17) is 4.52 Å². The Morgan fingerprint density at radius 3 is 2.68 bits per heavy atom. The quantitative estimate of drug-likeness (QED) is 0.650. The second kappa shape index (κ2) is 7.94. The first-order valence-electron chi connectivity index (χ1n) is 7.90. The molecule has 0 unspecified atom stereocenters. The lowest BCUT2D eigenvalue weighted by molar-refractivity contribution is 0.252. The molecular formula is C18H17BrN4O2. The van der Waals surface area contributed by atoms with Crippen LogP contribution in [-0.2, 0) is 0 Å². The van der Waals surface area contributed by atoms with E-state index in [0.717, 1.165) is 22.0 Å². The van der Waals surface area contributed by atoms with E-state index in [-0.39, 0.29) is 6.03 Å². The van der Waals surface area contributed by atoms with E-state index in [1.807, 2.05) is 43.3 Å². The van der Waals surface area contributed by atoms with Crippen molar-refractivity contribution in [1.29, 1.82) is 0 Å². The van der Waals surface area contributed by atoms with Crippen LogP contribution in [0.1, 0.15) is 13.3 Å². The van der Waals surface area contributed by atoms with Crippen LogP contribution in [0.15, 0.2) is 57.5 Å². The normalized spacial score (nSPS) is 10.5. The number of anilines is 1. The van der Waals surface area contributed by atoms with Gasteiger partial charge >= 0.3 is 6.03 Å². The number of nitrogens with one attached hydrogen (secondary N) is 2. The molecule has 2 amide bonds. The summed E-state index contributed by atoms with van der Waals surface area (Å²) < 4.78 is 6.28. The van der Waals surface area contributed by atoms with Crippen molar-refractivity contribution >= 4 is 27.6 Å². The first-order chi connectivity index (χ1) is 12.2. The minimum Gasteiger partial charge on any atom is -0.338 e. The Hall–Kier alpha value is -2.67. The number of benzene rings is 2. The van der Waals surface area contributed by atoms with Gasteiger partial charge in [-0.15, -0.1) is 0 Å². The molecule has 0 fully saturated rings. The van der Waals surface area contributed by atoms with Gasteiger partial charge in [0.2, 0.25) is 5.82 Å². The van der Waals surface area contributed by atoms with Crippen LogP contribution in [0.5, 0.6) is 0 Å². The fourth-order valence-electron chi connectivity index (χ4n) is 2.20. The maximum atomic E-state index is 11.6. The monoisotopic (exact) mass is 400 g/mol. The summed E-state index contributed by atoms with van der Waals surface area (Å²) in [5.41, 5.74) is 2.36. The molecule has 1 heterocycles. The van der Waals surface area contributed by atoms with Crippen molar-refractivity contribution in [3.8, 4) is 22.8 Å². The van der Waals surface area contributed by atoms with Gasteiger partial charge in [-0.3, -0.25) is 0 Å². The van der Waals surface area contributed by atoms with E-state index in [0.29, 0.717) is 23.9 Å². The summed E-state index contributed by atoms with van der Waals surface area (Å²) in [6.07, 6.45) is 0.893. The summed E-state index contributed by atoms with van der Waals surface area (Å²) in [6.45, 7) is 2.65. The summed E-state index contributed by atoms with van der Waals surface area (Å²) in [7, 11) is 0. The van der Waals surface area contributed by atoms with Gasteiger partial charge in [0.15, 0.2) is 0 Å². The molecule has 7 heteroatoms. The van der Waals surface area contributed by atoms with Crippen LogP contribution in [-0.4, -0.2) is 22.7 Å². The Morgan fingerprint density at radius 2 is 1.96 bits per heavy atom. The van der Waals surface area contributed by atoms with Crippen LogP contribution in [0.3, 0.4) is 0 Å². The van der Waals surface area contributed by atoms with Crippen LogP contribution in [0.4, 0.5) is 10.5 Å². The van der Waals surface area contributed by atoms with Crippen molar-refractivity contribution < 1.29 is 9.32 Å². The molecule has 2 N–H and O–H groups in total. The summed E-state index contributed by atoms with van der Waals surface area (Å²) in [5, 5.41) is 9.56. The number of rotatable bonds is 5. The summed E-state index contributed by atoms with van der Waals surface area (Å²) in [4.78, 5) is 16.1. The molecule has 0 saturated carbocycles. The fraction of sp³-hybridized carbons (Fsp3) is 0.167. The second-order valence-electron chi connectivity index (χ2n) is 5.39. The molecule has 0 aliphatic rings. The van der Waals surface area contributed by atoms with Gasteiger partial charge in [-0.1, -0.05) is 34.1 Å². The minimum atomic E-state index is -0.217. The van der Waals surface area contributed by atoms with Gasteiger partial charge in [-0.05, 0) is 48.9 Å². The highest BCUT2D eigenvalue weighted by Gasteiger charge is 2.11. The molecule has 0 aliphatic heterocycles. The number of amides is 2. The van der Waals surface area contributed by atoms with Crippen LogP contribution < -0.4 is 10.6 Å². The van der Waals surface area contributed by atoms with E-state index < -0.39 is 0 Å². The Morgan fingerprint density at radius 1 is 1.16 bits per heavy atom. The summed E-state index contributed by atoms with van der Waals surface area (Å²) in [6, 6.07) is 14.7. The summed E-state index contributed by atoms with van der Waals surface area (Å²) >= 11 is 3.42. The van der Waals surface area contributed by atoms with E-state index >= 15 is 0 Å². The zero-order chi connectivity index (χ0) is 17.6. The minimum absolute atomic E-state index is 0.217. The molecule has 0 radical (unpaired) electrons. The first kappa shape index (κ1) is 17.2. The average molecular weight is 401 g/mol. The van der Waals surface area contributed by atoms with Crippen molar-refractivity contribution in [2.24, 2.45) is 0 Å². The number of hydrogen-bond acceptors (Lipinski definition) is 4. The van der Waals surface area contributed by atoms with E-state index in [1.165, 1.54) is 0 Å². The van der Waals surface area contributed by atoms with Crippen LogP contribution in [0.2, 0.25) is 0 Å². The zero-order valence-electron chi connectivity index (χ0n) is 13.6. The Labute approximate surface area is 153 Å². The molecule has 0 atom stereocenters. The molecule has 6 nitrogen and oxygen atoms in total. The number of nitrogens with zero attached hydrogens (tertiary/aromatic N) is 2. The van der Waals surface area contributed by atoms with Crippen LogP contribution in [0, 0.1) is 0 Å². The molecule has 3 aromatic rings. The lowest BCUT2D eigenvalue weighted by atomic mass is 10.2. The van der Waals surface area contributed by atoms with E-state index in [2.05, 4.69) is 36.7 Å². The van der Waals surface area contributed by atoms with Crippen molar-refractivity contribution in [3.63, 3.8) is 0 Å². The highest BCUT2D eigenvalue weighted by molar-refractivity contribution is 9.10. The van der Waals surface area contributed by atoms with Gasteiger partial charge in [-0.2, -0.15) is 4.98 Å². The van der Waals surface area contributed by atoms with Gasteiger partial charge in [0, 0.05) is 27.8 Å². The highest BCUT2D eigenvalue weighted by atomic mass is 79.9. The van der Waals surface area contributed by atoms with Crippen molar-refractivity contribution in [1.82, 2.24) is 15.5 Å². The second-order valence-corrected chi connectivity index (χ2v) is 6.31. The van der Waals surface area contributed by atoms with Crippen molar-refractivity contribution in [2.45, 2.75) is 13.3 Å². The third kappa shape index (κ3) is 4.45. The number of carbonyl (C=O) groups excluding carboxylic acids is 1. The van der Waals surface area contributed by atoms with Gasteiger partial charge < -0.3 is 15.2 Å². The van der Waals surface area contributed by atoms with E-state index in [1.54, 1.807) is 12.1 Å². The third-order valence-electron chi connectivity index (χ3n) is 3.43. The van der Waals surface area contributed by atoms with Crippen LogP contribution in [0.25, 0.3) is 22.8 Å². The van der Waals surface area contributed by atoms with Gasteiger partial charge in [-0.25, -0.2) is 4.79 Å². The van der Waals surface area contributed by atoms with Gasteiger partial charge in [0.05, 0.1) is 0 Å². The number of carbonyl (C=O) groups is 1. The van der Waals surface area contributed by atoms with E-state index in [9.17, 15) is 4.79 Å². The average Bonchev–Trinajstić information content (AvgIpc) is 3.11. The van der Waals surface area contributed by atoms with Gasteiger partial charge in [0.25, 0.3) is 5.89 Å². The highest BCUT2D eigenvalue weighted by Crippen LogP contribution is 2.25. The maximum Gasteiger partial charge on any atom is 0.319 e. The van der Waals surface area contributed by atoms with Crippen molar-refractivity contribution in [3.05, 3.63) is 53.0 Å². The number of halogens is 1. The first-order valence-corrected chi connectivity index (χ1v) is 8.70. The molecular weight excluding hydrogens is 384 g/mol. The molecule has 0 spiro atoms. The Balaban J connectivity index is 1.72.